The van der Waals surface area contributed by atoms with Crippen LogP contribution in [-0.2, 0) is 20.9 Å². The number of carbonyl (C=O) groups is 3. The predicted molar refractivity (Wildman–Crippen MR) is 129 cm³/mol. The number of β-amino-alcohol motifs (C(OH)–C–C–N with tert-alkyl or cyclic N) is 1. The van der Waals surface area contributed by atoms with E-state index in [1.807, 2.05) is 16.2 Å². The number of rotatable bonds is 10. The molecule has 2 rings (SSSR count). The van der Waals surface area contributed by atoms with Crippen LogP contribution in [0.1, 0.15) is 44.7 Å². The molecule has 0 aromatic heterocycles. The minimum absolute atomic E-state index is 0.0778. The first-order chi connectivity index (χ1) is 15.7. The van der Waals surface area contributed by atoms with Crippen molar-refractivity contribution in [2.24, 2.45) is 0 Å². The van der Waals surface area contributed by atoms with Crippen molar-refractivity contribution < 1.29 is 40.7 Å². The first-order valence-electron chi connectivity index (χ1n) is 10.9. The molecule has 3 amide bonds. The Labute approximate surface area is 210 Å². The van der Waals surface area contributed by atoms with E-state index in [9.17, 15) is 19.5 Å². The molecule has 1 heterocycles. The Morgan fingerprint density at radius 2 is 2.00 bits per heavy atom. The third-order valence-corrected chi connectivity index (χ3v) is 8.60. The minimum atomic E-state index is -0.767. The second kappa shape index (κ2) is 13.1. The number of aliphatic hydroxyl groups excluding tert-OH is 1. The number of hydrogen-bond donors (Lipinski definition) is 3. The van der Waals surface area contributed by atoms with Crippen molar-refractivity contribution in [3.8, 4) is 0 Å². The molecule has 7 nitrogen and oxygen atoms in total. The summed E-state index contributed by atoms with van der Waals surface area (Å²) in [4.78, 5) is 39.9. The van der Waals surface area contributed by atoms with E-state index < -0.39 is 18.2 Å². The summed E-state index contributed by atoms with van der Waals surface area (Å²) in [6.07, 6.45) is 1.75. The fraction of sp³-hybridized carbons (Fsp3) is 0.458. The Morgan fingerprint density at radius 3 is 2.58 bits per heavy atom. The van der Waals surface area contributed by atoms with Crippen molar-refractivity contribution in [1.82, 2.24) is 15.5 Å². The summed E-state index contributed by atoms with van der Waals surface area (Å²) in [5.41, 5.74) is 2.10. The summed E-state index contributed by atoms with van der Waals surface area (Å²) in [6.45, 7) is 9.70. The summed E-state index contributed by atoms with van der Waals surface area (Å²) in [5.74, 6) is -0.915. The number of benzene rings is 1. The van der Waals surface area contributed by atoms with Gasteiger partial charge in [-0.3, -0.25) is 9.59 Å². The van der Waals surface area contributed by atoms with Gasteiger partial charge in [-0.15, -0.1) is 0 Å². The van der Waals surface area contributed by atoms with Crippen LogP contribution < -0.4 is 31.8 Å². The average Bonchev–Trinajstić information content (AvgIpc) is 3.20. The number of halogens is 1. The van der Waals surface area contributed by atoms with Crippen LogP contribution in [0.4, 0.5) is 0 Å². The molecule has 182 valence electrons. The van der Waals surface area contributed by atoms with Crippen molar-refractivity contribution in [3.63, 3.8) is 0 Å². The summed E-state index contributed by atoms with van der Waals surface area (Å²) >= 11 is 1.55. The summed E-state index contributed by atoms with van der Waals surface area (Å²) in [7, 11) is 0. The average molecular weight is 587 g/mol. The first kappa shape index (κ1) is 27.4. The van der Waals surface area contributed by atoms with Crippen LogP contribution in [0.5, 0.6) is 0 Å². The second-order valence-electron chi connectivity index (χ2n) is 7.78. The van der Waals surface area contributed by atoms with Crippen LogP contribution in [-0.4, -0.2) is 58.7 Å². The SMILES string of the molecule is C=C[I-]/C(C)=C(\SC)c1ccc(CNC(=O)[C@H]2C[C@H](O)CN2C(=O)[C@@H](C)NC(=O)CC)cc1. The molecule has 1 fully saturated rings. The molecule has 0 spiro atoms. The molecule has 0 unspecified atom stereocenters. The molecule has 0 aliphatic carbocycles. The Kier molecular flexibility index (Phi) is 10.9. The van der Waals surface area contributed by atoms with Gasteiger partial charge in [0.05, 0.1) is 0 Å². The Bertz CT molecular complexity index is 903. The Hall–Kier alpha value is -1.85. The number of nitrogens with zero attached hydrogens (tertiary/aromatic N) is 1. The number of likely N-dealkylation sites (tertiary alicyclic amines) is 1. The van der Waals surface area contributed by atoms with E-state index in [1.54, 1.807) is 25.6 Å². The third-order valence-electron chi connectivity index (χ3n) is 5.37. The number of nitrogens with one attached hydrogen (secondary N) is 2. The number of hydrogen-bond acceptors (Lipinski definition) is 5. The molecule has 9 heteroatoms. The van der Waals surface area contributed by atoms with Crippen molar-refractivity contribution in [3.05, 3.63) is 49.6 Å². The van der Waals surface area contributed by atoms with Gasteiger partial charge in [0.25, 0.3) is 0 Å². The van der Waals surface area contributed by atoms with E-state index in [0.29, 0.717) is 6.54 Å². The summed E-state index contributed by atoms with van der Waals surface area (Å²) < 4.78 is 3.37. The fourth-order valence-electron chi connectivity index (χ4n) is 3.66. The van der Waals surface area contributed by atoms with Gasteiger partial charge in [-0.25, -0.2) is 0 Å². The van der Waals surface area contributed by atoms with Gasteiger partial charge in [0, 0.05) is 6.42 Å². The number of thioether (sulfide) groups is 1. The van der Waals surface area contributed by atoms with Crippen molar-refractivity contribution in [2.75, 3.05) is 12.8 Å². The molecule has 1 aromatic rings. The maximum atomic E-state index is 12.8. The monoisotopic (exact) mass is 586 g/mol. The standard InChI is InChI=1S/C24H33IN3O4S/c1-6-21(30)27-16(4)24(32)28-14-19(29)12-20(28)23(31)26-13-17-8-10-18(11-9-17)22(33-5)15(3)25-7-2/h7-11,16,19-20,29H,2,6,12-14H2,1,3-5H3,(H,26,31)(H,27,30)/q-1/b22-15-/t16-,19+,20-/m1/s1. The van der Waals surface area contributed by atoms with Gasteiger partial charge in [0.1, 0.15) is 6.04 Å². The van der Waals surface area contributed by atoms with Gasteiger partial charge < -0.3 is 10.4 Å². The zero-order valence-electron chi connectivity index (χ0n) is 19.6. The molecule has 1 aliphatic heterocycles. The van der Waals surface area contributed by atoms with Gasteiger partial charge in [0.15, 0.2) is 0 Å². The van der Waals surface area contributed by atoms with Crippen molar-refractivity contribution >= 4 is 34.4 Å². The molecular weight excluding hydrogens is 553 g/mol. The molecule has 1 saturated heterocycles. The maximum absolute atomic E-state index is 12.8. The second-order valence-corrected chi connectivity index (χ2v) is 11.7. The van der Waals surface area contributed by atoms with Crippen LogP contribution in [0, 0.1) is 0 Å². The molecular formula is C24H33IN3O4S-. The summed E-state index contributed by atoms with van der Waals surface area (Å²) in [5, 5.41) is 15.6. The zero-order valence-corrected chi connectivity index (χ0v) is 22.5. The Morgan fingerprint density at radius 1 is 1.33 bits per heavy atom. The quantitative estimate of drug-likeness (QED) is 0.320. The van der Waals surface area contributed by atoms with Gasteiger partial charge >= 0.3 is 159 Å². The molecule has 3 N–H and O–H groups in total. The molecule has 0 radical (unpaired) electrons. The van der Waals surface area contributed by atoms with Crippen LogP contribution in [0.25, 0.3) is 4.91 Å². The molecule has 0 saturated carbocycles. The van der Waals surface area contributed by atoms with Gasteiger partial charge in [-0.05, 0) is 6.92 Å². The molecule has 1 aromatic carbocycles. The number of aliphatic hydroxyl groups is 1. The van der Waals surface area contributed by atoms with E-state index in [-0.39, 0.29) is 58.3 Å². The predicted octanol–water partition coefficient (Wildman–Crippen LogP) is -0.537. The van der Waals surface area contributed by atoms with E-state index in [2.05, 4.69) is 42.5 Å². The van der Waals surface area contributed by atoms with E-state index >= 15 is 0 Å². The van der Waals surface area contributed by atoms with Crippen LogP contribution in [0.3, 0.4) is 0 Å². The van der Waals surface area contributed by atoms with Crippen LogP contribution in [0.2, 0.25) is 0 Å². The number of allylic oxidation sites excluding steroid dienone is 1. The number of amides is 3. The van der Waals surface area contributed by atoms with Gasteiger partial charge in [-0.1, -0.05) is 6.92 Å². The topological polar surface area (TPSA) is 98.7 Å². The van der Waals surface area contributed by atoms with E-state index in [0.717, 1.165) is 11.1 Å². The first-order valence-corrected chi connectivity index (χ1v) is 14.4. The van der Waals surface area contributed by atoms with E-state index in [4.69, 9.17) is 0 Å². The fourth-order valence-corrected chi connectivity index (χ4v) is 6.53. The zero-order chi connectivity index (χ0) is 24.5. The third kappa shape index (κ3) is 7.58. The summed E-state index contributed by atoms with van der Waals surface area (Å²) in [6, 6.07) is 6.56. The Balaban J connectivity index is 2.02. The number of carbonyl (C=O) groups excluding carboxylic acids is 3. The van der Waals surface area contributed by atoms with Gasteiger partial charge in [-0.2, -0.15) is 0 Å². The van der Waals surface area contributed by atoms with Crippen LogP contribution in [0.15, 0.2) is 38.5 Å². The normalized spacial score (nSPS) is 19.6. The molecule has 1 aliphatic rings. The van der Waals surface area contributed by atoms with Crippen molar-refractivity contribution in [2.45, 2.75) is 58.3 Å². The van der Waals surface area contributed by atoms with Crippen LogP contribution >= 0.6 is 11.8 Å². The van der Waals surface area contributed by atoms with Crippen molar-refractivity contribution in [1.29, 1.82) is 0 Å². The molecule has 3 atom stereocenters. The molecule has 33 heavy (non-hydrogen) atoms. The molecule has 0 bridgehead atoms. The van der Waals surface area contributed by atoms with E-state index in [1.165, 1.54) is 13.4 Å². The van der Waals surface area contributed by atoms with Gasteiger partial charge in [0.2, 0.25) is 5.91 Å².